The molecule has 5 nitrogen and oxygen atoms in total. The lowest BCUT2D eigenvalue weighted by Crippen LogP contribution is -2.03. The molecule has 0 amide bonds. The average Bonchev–Trinajstić information content (AvgIpc) is 2.16. The number of nitrogens with zero attached hydrogens (tertiary/aromatic N) is 1. The minimum atomic E-state index is -1.13. The number of aryl methyl sites for hydroxylation is 1. The molecule has 0 fully saturated rings. The van der Waals surface area contributed by atoms with Crippen LogP contribution in [-0.4, -0.2) is 27.1 Å². The lowest BCUT2D eigenvalue weighted by Gasteiger charge is -2.01. The molecule has 0 radical (unpaired) electrons. The van der Waals surface area contributed by atoms with Gasteiger partial charge in [0, 0.05) is 11.8 Å². The molecule has 1 rings (SSSR count). The maximum absolute atomic E-state index is 10.8. The van der Waals surface area contributed by atoms with Crippen LogP contribution >= 0.6 is 0 Å². The van der Waals surface area contributed by atoms with Crippen molar-refractivity contribution in [3.05, 3.63) is 35.2 Å². The van der Waals surface area contributed by atoms with Crippen molar-refractivity contribution in [3.8, 4) is 0 Å². The first-order chi connectivity index (χ1) is 7.50. The van der Waals surface area contributed by atoms with Gasteiger partial charge in [0.25, 0.3) is 0 Å². The summed E-state index contributed by atoms with van der Waals surface area (Å²) in [6.07, 6.45) is 4.16. The van der Waals surface area contributed by atoms with Gasteiger partial charge in [-0.05, 0) is 18.6 Å². The second-order valence-corrected chi connectivity index (χ2v) is 3.26. The molecule has 0 aliphatic rings. The third-order valence-electron chi connectivity index (χ3n) is 1.85. The summed E-state index contributed by atoms with van der Waals surface area (Å²) in [4.78, 5) is 24.9. The molecule has 0 saturated heterocycles. The second kappa shape index (κ2) is 5.06. The van der Waals surface area contributed by atoms with Crippen molar-refractivity contribution in [2.45, 2.75) is 13.3 Å². The van der Waals surface area contributed by atoms with E-state index in [1.807, 2.05) is 0 Å². The largest absolute Gasteiger partial charge is 0.481 e. The van der Waals surface area contributed by atoms with Gasteiger partial charge in [-0.3, -0.25) is 4.79 Å². The lowest BCUT2D eigenvalue weighted by molar-refractivity contribution is -0.135. The highest BCUT2D eigenvalue weighted by Crippen LogP contribution is 2.11. The number of carboxylic acid groups (broad SMARTS) is 2. The quantitative estimate of drug-likeness (QED) is 0.805. The van der Waals surface area contributed by atoms with Crippen LogP contribution in [0.15, 0.2) is 18.3 Å². The number of carbonyl (C=O) groups is 2. The summed E-state index contributed by atoms with van der Waals surface area (Å²) in [5.41, 5.74) is 1.15. The van der Waals surface area contributed by atoms with Gasteiger partial charge in [-0.1, -0.05) is 12.2 Å². The van der Waals surface area contributed by atoms with Gasteiger partial charge in [0.1, 0.15) is 0 Å². The van der Waals surface area contributed by atoms with Crippen LogP contribution in [0, 0.1) is 6.92 Å². The molecular formula is C11H11NO4. The van der Waals surface area contributed by atoms with E-state index in [9.17, 15) is 9.59 Å². The number of aliphatic carboxylic acids is 1. The molecule has 1 heterocycles. The van der Waals surface area contributed by atoms with Crippen molar-refractivity contribution >= 4 is 18.0 Å². The maximum atomic E-state index is 10.8. The Kier molecular flexibility index (Phi) is 3.77. The van der Waals surface area contributed by atoms with Gasteiger partial charge in [0.2, 0.25) is 0 Å². The molecule has 0 saturated carbocycles. The Labute approximate surface area is 92.1 Å². The third kappa shape index (κ3) is 3.20. The zero-order valence-electron chi connectivity index (χ0n) is 8.67. The van der Waals surface area contributed by atoms with Crippen LogP contribution in [0.2, 0.25) is 0 Å². The van der Waals surface area contributed by atoms with E-state index in [1.165, 1.54) is 18.3 Å². The number of aromatic carboxylic acids is 1. The van der Waals surface area contributed by atoms with E-state index < -0.39 is 11.9 Å². The summed E-state index contributed by atoms with van der Waals surface area (Å²) < 4.78 is 0. The maximum Gasteiger partial charge on any atom is 0.355 e. The number of pyridine rings is 1. The Bertz CT molecular complexity index is 451. The summed E-state index contributed by atoms with van der Waals surface area (Å²) in [7, 11) is 0. The smallest absolute Gasteiger partial charge is 0.355 e. The number of aromatic nitrogens is 1. The van der Waals surface area contributed by atoms with Crippen molar-refractivity contribution in [1.29, 1.82) is 0 Å². The molecule has 0 bridgehead atoms. The fraction of sp³-hybridized carbons (Fsp3) is 0.182. The third-order valence-corrected chi connectivity index (χ3v) is 1.85. The number of hydrogen-bond donors (Lipinski definition) is 2. The number of carboxylic acids is 2. The molecular weight excluding hydrogens is 210 g/mol. The molecule has 1 aromatic rings. The van der Waals surface area contributed by atoms with Crippen LogP contribution in [-0.2, 0) is 4.79 Å². The van der Waals surface area contributed by atoms with E-state index in [0.717, 1.165) is 5.56 Å². The first-order valence-electron chi connectivity index (χ1n) is 4.59. The van der Waals surface area contributed by atoms with Crippen LogP contribution in [0.1, 0.15) is 28.0 Å². The fourth-order valence-electron chi connectivity index (χ4n) is 1.18. The predicted octanol–water partition coefficient (Wildman–Crippen LogP) is 1.58. The lowest BCUT2D eigenvalue weighted by atomic mass is 10.1. The van der Waals surface area contributed by atoms with E-state index in [2.05, 4.69) is 4.98 Å². The van der Waals surface area contributed by atoms with Crippen LogP contribution in [0.25, 0.3) is 6.08 Å². The van der Waals surface area contributed by atoms with Crippen LogP contribution in [0.5, 0.6) is 0 Å². The summed E-state index contributed by atoms with van der Waals surface area (Å²) >= 11 is 0. The van der Waals surface area contributed by atoms with Crippen LogP contribution < -0.4 is 0 Å². The summed E-state index contributed by atoms with van der Waals surface area (Å²) in [6.45, 7) is 1.78. The first kappa shape index (κ1) is 11.9. The Hall–Kier alpha value is -2.17. The molecule has 1 aromatic heterocycles. The van der Waals surface area contributed by atoms with Gasteiger partial charge in [0.15, 0.2) is 5.69 Å². The van der Waals surface area contributed by atoms with Gasteiger partial charge >= 0.3 is 11.9 Å². The van der Waals surface area contributed by atoms with Crippen molar-refractivity contribution in [2.24, 2.45) is 0 Å². The average molecular weight is 221 g/mol. The number of hydrogen-bond acceptors (Lipinski definition) is 3. The van der Waals surface area contributed by atoms with Crippen LogP contribution in [0.4, 0.5) is 0 Å². The zero-order chi connectivity index (χ0) is 12.1. The number of rotatable bonds is 4. The van der Waals surface area contributed by atoms with Crippen molar-refractivity contribution in [3.63, 3.8) is 0 Å². The topological polar surface area (TPSA) is 87.5 Å². The Morgan fingerprint density at radius 1 is 1.44 bits per heavy atom. The molecule has 0 aliphatic heterocycles. The van der Waals surface area contributed by atoms with Crippen LogP contribution in [0.3, 0.4) is 0 Å². The van der Waals surface area contributed by atoms with E-state index >= 15 is 0 Å². The molecule has 0 unspecified atom stereocenters. The van der Waals surface area contributed by atoms with Crippen molar-refractivity contribution < 1.29 is 19.8 Å². The summed E-state index contributed by atoms with van der Waals surface area (Å²) in [5, 5.41) is 17.3. The molecule has 84 valence electrons. The first-order valence-corrected chi connectivity index (χ1v) is 4.59. The summed E-state index contributed by atoms with van der Waals surface area (Å²) in [6, 6.07) is 1.65. The van der Waals surface area contributed by atoms with E-state index in [1.54, 1.807) is 13.0 Å². The Balaban J connectivity index is 3.01. The molecule has 0 atom stereocenters. The van der Waals surface area contributed by atoms with Gasteiger partial charge in [-0.25, -0.2) is 9.78 Å². The molecule has 5 heteroatoms. The normalized spacial score (nSPS) is 10.6. The van der Waals surface area contributed by atoms with Gasteiger partial charge in [-0.15, -0.1) is 0 Å². The zero-order valence-corrected chi connectivity index (χ0v) is 8.67. The highest BCUT2D eigenvalue weighted by atomic mass is 16.4. The second-order valence-electron chi connectivity index (χ2n) is 3.26. The minimum Gasteiger partial charge on any atom is -0.481 e. The molecule has 2 N–H and O–H groups in total. The van der Waals surface area contributed by atoms with E-state index in [-0.39, 0.29) is 12.1 Å². The summed E-state index contributed by atoms with van der Waals surface area (Å²) in [5.74, 6) is -2.09. The van der Waals surface area contributed by atoms with Gasteiger partial charge < -0.3 is 10.2 Å². The Morgan fingerprint density at radius 3 is 2.69 bits per heavy atom. The predicted molar refractivity (Wildman–Crippen MR) is 57.2 cm³/mol. The SMILES string of the molecule is Cc1cnc(C(=O)O)c(C=CCC(=O)O)c1. The highest BCUT2D eigenvalue weighted by molar-refractivity contribution is 5.90. The van der Waals surface area contributed by atoms with Crippen molar-refractivity contribution in [1.82, 2.24) is 4.98 Å². The molecule has 0 aromatic carbocycles. The molecule has 0 spiro atoms. The van der Waals surface area contributed by atoms with Crippen molar-refractivity contribution in [2.75, 3.05) is 0 Å². The van der Waals surface area contributed by atoms with Gasteiger partial charge in [-0.2, -0.15) is 0 Å². The molecule has 0 aliphatic carbocycles. The fourth-order valence-corrected chi connectivity index (χ4v) is 1.18. The van der Waals surface area contributed by atoms with Gasteiger partial charge in [0.05, 0.1) is 6.42 Å². The monoisotopic (exact) mass is 221 g/mol. The minimum absolute atomic E-state index is 0.0766. The standard InChI is InChI=1S/C11H11NO4/c1-7-5-8(3-2-4-9(13)14)10(11(15)16)12-6-7/h2-3,5-6H,4H2,1H3,(H,13,14)(H,15,16). The highest BCUT2D eigenvalue weighted by Gasteiger charge is 2.09. The van der Waals surface area contributed by atoms with E-state index in [4.69, 9.17) is 10.2 Å². The van der Waals surface area contributed by atoms with E-state index in [0.29, 0.717) is 5.56 Å². The molecule has 16 heavy (non-hydrogen) atoms. The Morgan fingerprint density at radius 2 is 2.12 bits per heavy atom.